The summed E-state index contributed by atoms with van der Waals surface area (Å²) in [6.07, 6.45) is 1.55. The molecule has 16 heavy (non-hydrogen) atoms. The van der Waals surface area contributed by atoms with E-state index in [1.54, 1.807) is 0 Å². The normalized spacial score (nSPS) is 19.0. The Labute approximate surface area is 100.0 Å². The quantitative estimate of drug-likeness (QED) is 0.760. The zero-order chi connectivity index (χ0) is 11.8. The smallest absolute Gasteiger partial charge is 0.256 e. The van der Waals surface area contributed by atoms with Gasteiger partial charge in [0.1, 0.15) is 0 Å². The van der Waals surface area contributed by atoms with Crippen molar-refractivity contribution >= 4 is 15.9 Å². The van der Waals surface area contributed by atoms with E-state index < -0.39 is 11.9 Å². The van der Waals surface area contributed by atoms with Crippen molar-refractivity contribution in [3.05, 3.63) is 16.4 Å². The third-order valence-corrected chi connectivity index (χ3v) is 3.52. The Morgan fingerprint density at radius 3 is 2.44 bits per heavy atom. The first kappa shape index (κ1) is 12.0. The molecule has 90 valence electrons. The van der Waals surface area contributed by atoms with Gasteiger partial charge >= 0.3 is 6.18 Å². The van der Waals surface area contributed by atoms with Gasteiger partial charge in [-0.05, 0) is 28.8 Å². The molecule has 0 bridgehead atoms. The standard InChI is InChI=1S/C10H12BrF3N2/c11-8-6-15-16(9(8)10(12,13)14)7-4-2-1-3-5-7/h6-7H,1-5H2. The Balaban J connectivity index is 2.33. The Kier molecular flexibility index (Phi) is 3.28. The lowest BCUT2D eigenvalue weighted by atomic mass is 9.95. The minimum atomic E-state index is -4.34. The van der Waals surface area contributed by atoms with Crippen LogP contribution >= 0.6 is 15.9 Å². The lowest BCUT2D eigenvalue weighted by molar-refractivity contribution is -0.145. The van der Waals surface area contributed by atoms with Gasteiger partial charge in [0.2, 0.25) is 0 Å². The first-order chi connectivity index (χ1) is 7.50. The maximum atomic E-state index is 12.8. The molecule has 0 saturated heterocycles. The highest BCUT2D eigenvalue weighted by atomic mass is 79.9. The highest BCUT2D eigenvalue weighted by Gasteiger charge is 2.39. The van der Waals surface area contributed by atoms with Gasteiger partial charge in [0.25, 0.3) is 0 Å². The van der Waals surface area contributed by atoms with Gasteiger partial charge in [-0.2, -0.15) is 18.3 Å². The molecule has 2 rings (SSSR count). The summed E-state index contributed by atoms with van der Waals surface area (Å²) in [4.78, 5) is 0. The second kappa shape index (κ2) is 4.39. The van der Waals surface area contributed by atoms with E-state index in [-0.39, 0.29) is 10.5 Å². The van der Waals surface area contributed by atoms with Crippen LogP contribution in [-0.4, -0.2) is 9.78 Å². The van der Waals surface area contributed by atoms with Crippen LogP contribution in [0.5, 0.6) is 0 Å². The molecule has 1 saturated carbocycles. The molecule has 0 radical (unpaired) electrons. The van der Waals surface area contributed by atoms with Crippen LogP contribution in [0.1, 0.15) is 43.8 Å². The van der Waals surface area contributed by atoms with E-state index in [0.717, 1.165) is 36.8 Å². The molecule has 0 aliphatic heterocycles. The Bertz CT molecular complexity index is 367. The van der Waals surface area contributed by atoms with Crippen LogP contribution in [0.4, 0.5) is 13.2 Å². The van der Waals surface area contributed by atoms with Crippen LogP contribution in [0.2, 0.25) is 0 Å². The maximum Gasteiger partial charge on any atom is 0.434 e. The number of halogens is 4. The number of aromatic nitrogens is 2. The zero-order valence-electron chi connectivity index (χ0n) is 8.60. The number of rotatable bonds is 1. The third-order valence-electron chi connectivity index (χ3n) is 2.94. The Morgan fingerprint density at radius 2 is 1.88 bits per heavy atom. The van der Waals surface area contributed by atoms with Crippen molar-refractivity contribution in [2.75, 3.05) is 0 Å². The van der Waals surface area contributed by atoms with Gasteiger partial charge in [0, 0.05) is 0 Å². The van der Waals surface area contributed by atoms with Crippen LogP contribution in [-0.2, 0) is 6.18 Å². The molecule has 1 aromatic rings. The second-order valence-corrected chi connectivity index (χ2v) is 4.93. The lowest BCUT2D eigenvalue weighted by Crippen LogP contribution is -2.21. The summed E-state index contributed by atoms with van der Waals surface area (Å²) in [6, 6.07) is -0.100. The predicted octanol–water partition coefficient (Wildman–Crippen LogP) is 4.17. The molecule has 2 nitrogen and oxygen atoms in total. The first-order valence-electron chi connectivity index (χ1n) is 5.30. The number of alkyl halides is 3. The summed E-state index contributed by atoms with van der Waals surface area (Å²) in [7, 11) is 0. The van der Waals surface area contributed by atoms with Crippen molar-refractivity contribution in [1.82, 2.24) is 9.78 Å². The average Bonchev–Trinajstić information content (AvgIpc) is 2.61. The molecule has 0 spiro atoms. The molecule has 0 atom stereocenters. The Morgan fingerprint density at radius 1 is 1.25 bits per heavy atom. The highest BCUT2D eigenvalue weighted by molar-refractivity contribution is 9.10. The first-order valence-corrected chi connectivity index (χ1v) is 6.09. The molecule has 1 aromatic heterocycles. The van der Waals surface area contributed by atoms with Crippen molar-refractivity contribution in [1.29, 1.82) is 0 Å². The van der Waals surface area contributed by atoms with E-state index in [4.69, 9.17) is 0 Å². The van der Waals surface area contributed by atoms with Crippen molar-refractivity contribution in [2.24, 2.45) is 0 Å². The number of hydrogen-bond donors (Lipinski definition) is 0. The van der Waals surface area contributed by atoms with Crippen LogP contribution in [0.15, 0.2) is 10.7 Å². The van der Waals surface area contributed by atoms with Gasteiger partial charge in [-0.15, -0.1) is 0 Å². The highest BCUT2D eigenvalue weighted by Crippen LogP contribution is 2.38. The fraction of sp³-hybridized carbons (Fsp3) is 0.700. The van der Waals surface area contributed by atoms with E-state index in [2.05, 4.69) is 21.0 Å². The molecule has 0 N–H and O–H groups in total. The topological polar surface area (TPSA) is 17.8 Å². The zero-order valence-corrected chi connectivity index (χ0v) is 10.2. The summed E-state index contributed by atoms with van der Waals surface area (Å²) in [5, 5.41) is 3.86. The van der Waals surface area contributed by atoms with Crippen LogP contribution in [0.3, 0.4) is 0 Å². The predicted molar refractivity (Wildman–Crippen MR) is 57.1 cm³/mol. The summed E-state index contributed by atoms with van der Waals surface area (Å²) in [5.41, 5.74) is -0.653. The van der Waals surface area contributed by atoms with E-state index in [0.29, 0.717) is 0 Å². The third kappa shape index (κ3) is 2.26. The van der Waals surface area contributed by atoms with Crippen molar-refractivity contribution in [3.8, 4) is 0 Å². The van der Waals surface area contributed by atoms with Gasteiger partial charge in [-0.3, -0.25) is 4.68 Å². The lowest BCUT2D eigenvalue weighted by Gasteiger charge is -2.24. The van der Waals surface area contributed by atoms with E-state index in [9.17, 15) is 13.2 Å². The molecule has 6 heteroatoms. The summed E-state index contributed by atoms with van der Waals surface area (Å²) < 4.78 is 39.6. The fourth-order valence-corrected chi connectivity index (χ4v) is 2.71. The summed E-state index contributed by atoms with van der Waals surface area (Å²) in [6.45, 7) is 0. The Hall–Kier alpha value is -0.520. The largest absolute Gasteiger partial charge is 0.434 e. The molecule has 1 heterocycles. The van der Waals surface area contributed by atoms with E-state index in [1.807, 2.05) is 0 Å². The number of nitrogens with zero attached hydrogens (tertiary/aromatic N) is 2. The molecule has 0 amide bonds. The second-order valence-electron chi connectivity index (χ2n) is 4.08. The molecule has 1 aliphatic carbocycles. The monoisotopic (exact) mass is 296 g/mol. The minimum Gasteiger partial charge on any atom is -0.256 e. The van der Waals surface area contributed by atoms with Gasteiger partial charge in [-0.1, -0.05) is 19.3 Å². The molecule has 0 aromatic carbocycles. The molecular formula is C10H12BrF3N2. The summed E-state index contributed by atoms with van der Waals surface area (Å²) >= 11 is 2.92. The van der Waals surface area contributed by atoms with Gasteiger partial charge in [-0.25, -0.2) is 0 Å². The number of hydrogen-bond acceptors (Lipinski definition) is 1. The molecular weight excluding hydrogens is 285 g/mol. The maximum absolute atomic E-state index is 12.8. The molecule has 1 fully saturated rings. The van der Waals surface area contributed by atoms with Gasteiger partial charge in [0.05, 0.1) is 16.7 Å². The van der Waals surface area contributed by atoms with Crippen LogP contribution in [0, 0.1) is 0 Å². The van der Waals surface area contributed by atoms with Gasteiger partial charge in [0.15, 0.2) is 5.69 Å². The van der Waals surface area contributed by atoms with E-state index >= 15 is 0 Å². The van der Waals surface area contributed by atoms with Crippen LogP contribution in [0.25, 0.3) is 0 Å². The van der Waals surface area contributed by atoms with Crippen molar-refractivity contribution < 1.29 is 13.2 Å². The SMILES string of the molecule is FC(F)(F)c1c(Br)cnn1C1CCCCC1. The van der Waals surface area contributed by atoms with Crippen molar-refractivity contribution in [2.45, 2.75) is 44.3 Å². The fourth-order valence-electron chi connectivity index (χ4n) is 2.21. The van der Waals surface area contributed by atoms with Crippen molar-refractivity contribution in [3.63, 3.8) is 0 Å². The summed E-state index contributed by atoms with van der Waals surface area (Å²) in [5.74, 6) is 0. The minimum absolute atomic E-state index is 0.0329. The molecule has 1 aliphatic rings. The van der Waals surface area contributed by atoms with E-state index in [1.165, 1.54) is 6.20 Å². The van der Waals surface area contributed by atoms with Crippen LogP contribution < -0.4 is 0 Å². The molecule has 0 unspecified atom stereocenters. The van der Waals surface area contributed by atoms with Gasteiger partial charge < -0.3 is 0 Å². The average molecular weight is 297 g/mol.